The lowest BCUT2D eigenvalue weighted by atomic mass is 10.1. The van der Waals surface area contributed by atoms with E-state index in [1.807, 2.05) is 31.2 Å². The fraction of sp³-hybridized carbons (Fsp3) is 0.0588. The molecule has 1 heterocycles. The van der Waals surface area contributed by atoms with Gasteiger partial charge in [0.25, 0.3) is 0 Å². The molecule has 0 aliphatic rings. The van der Waals surface area contributed by atoms with Crippen LogP contribution in [0, 0.1) is 6.92 Å². The van der Waals surface area contributed by atoms with E-state index in [2.05, 4.69) is 5.32 Å². The summed E-state index contributed by atoms with van der Waals surface area (Å²) in [4.78, 5) is 23.5. The largest absolute Gasteiger partial charge is 0.439 e. The molecule has 0 saturated carbocycles. The fourth-order valence-electron chi connectivity index (χ4n) is 2.12. The molecule has 4 nitrogen and oxygen atoms in total. The molecule has 0 bridgehead atoms. The van der Waals surface area contributed by atoms with Gasteiger partial charge in [0.15, 0.2) is 6.29 Å². The third kappa shape index (κ3) is 2.43. The molecule has 3 rings (SSSR count). The summed E-state index contributed by atoms with van der Waals surface area (Å²) in [7, 11) is 0. The van der Waals surface area contributed by atoms with E-state index in [0.29, 0.717) is 17.3 Å². The van der Waals surface area contributed by atoms with Gasteiger partial charge in [-0.2, -0.15) is 0 Å². The monoisotopic (exact) mass is 279 g/mol. The van der Waals surface area contributed by atoms with E-state index >= 15 is 0 Å². The van der Waals surface area contributed by atoms with Crippen molar-refractivity contribution in [1.82, 2.24) is 0 Å². The Balaban J connectivity index is 2.15. The minimum atomic E-state index is -0.332. The van der Waals surface area contributed by atoms with E-state index < -0.39 is 0 Å². The molecule has 0 spiro atoms. The molecule has 0 radical (unpaired) electrons. The molecule has 1 N–H and O–H groups in total. The minimum Gasteiger partial charge on any atom is -0.439 e. The zero-order chi connectivity index (χ0) is 14.8. The van der Waals surface area contributed by atoms with E-state index in [0.717, 1.165) is 11.3 Å². The summed E-state index contributed by atoms with van der Waals surface area (Å²) in [6.07, 6.45) is 0.523. The van der Waals surface area contributed by atoms with Crippen LogP contribution in [-0.2, 0) is 0 Å². The zero-order valence-corrected chi connectivity index (χ0v) is 11.4. The van der Waals surface area contributed by atoms with Gasteiger partial charge in [-0.1, -0.05) is 29.8 Å². The van der Waals surface area contributed by atoms with Crippen molar-refractivity contribution < 1.29 is 9.21 Å². The number of rotatable bonds is 3. The first-order valence-corrected chi connectivity index (χ1v) is 6.54. The van der Waals surface area contributed by atoms with Gasteiger partial charge in [0.1, 0.15) is 11.1 Å². The van der Waals surface area contributed by atoms with E-state index in [4.69, 9.17) is 4.42 Å². The lowest BCUT2D eigenvalue weighted by Crippen LogP contribution is -2.11. The number of aldehydes is 1. The predicted octanol–water partition coefficient (Wildman–Crippen LogP) is 3.66. The van der Waals surface area contributed by atoms with Gasteiger partial charge >= 0.3 is 0 Å². The predicted molar refractivity (Wildman–Crippen MR) is 82.3 cm³/mol. The van der Waals surface area contributed by atoms with Crippen molar-refractivity contribution in [3.05, 3.63) is 69.9 Å². The van der Waals surface area contributed by atoms with Gasteiger partial charge in [0, 0.05) is 5.69 Å². The lowest BCUT2D eigenvalue weighted by molar-refractivity contribution is 0.112. The second-order valence-electron chi connectivity index (χ2n) is 4.78. The fourth-order valence-corrected chi connectivity index (χ4v) is 2.12. The number of hydrogen-bond donors (Lipinski definition) is 1. The van der Waals surface area contributed by atoms with Crippen LogP contribution in [0.25, 0.3) is 11.0 Å². The standard InChI is InChI=1S/C17H13NO3/c1-11-6-8-12(9-7-11)18-17-14(10-19)16(20)13-4-2-3-5-15(13)21-17/h2-10,18H,1H3. The third-order valence-electron chi connectivity index (χ3n) is 3.26. The number of fused-ring (bicyclic) bond motifs is 1. The van der Waals surface area contributed by atoms with Gasteiger partial charge in [-0.05, 0) is 31.2 Å². The van der Waals surface area contributed by atoms with Crippen molar-refractivity contribution in [2.45, 2.75) is 6.92 Å². The smallest absolute Gasteiger partial charge is 0.212 e. The molecule has 0 amide bonds. The summed E-state index contributed by atoms with van der Waals surface area (Å²) in [5.41, 5.74) is 1.98. The Labute approximate surface area is 121 Å². The number of anilines is 2. The molecule has 3 aromatic rings. The number of aryl methyl sites for hydroxylation is 1. The topological polar surface area (TPSA) is 59.3 Å². The Morgan fingerprint density at radius 2 is 1.76 bits per heavy atom. The minimum absolute atomic E-state index is 0.00530. The molecule has 0 aliphatic heterocycles. The maximum absolute atomic E-state index is 12.3. The van der Waals surface area contributed by atoms with E-state index in [-0.39, 0.29) is 16.9 Å². The van der Waals surface area contributed by atoms with Crippen LogP contribution in [-0.4, -0.2) is 6.29 Å². The Kier molecular flexibility index (Phi) is 3.28. The number of nitrogens with one attached hydrogen (secondary N) is 1. The van der Waals surface area contributed by atoms with Crippen LogP contribution in [0.3, 0.4) is 0 Å². The van der Waals surface area contributed by atoms with Crippen LogP contribution in [0.5, 0.6) is 0 Å². The highest BCUT2D eigenvalue weighted by Gasteiger charge is 2.13. The number of hydrogen-bond acceptors (Lipinski definition) is 4. The van der Waals surface area contributed by atoms with Gasteiger partial charge in [-0.3, -0.25) is 9.59 Å². The molecule has 0 unspecified atom stereocenters. The van der Waals surface area contributed by atoms with Gasteiger partial charge in [-0.25, -0.2) is 0 Å². The molecular formula is C17H13NO3. The molecule has 0 aliphatic carbocycles. The first-order valence-electron chi connectivity index (χ1n) is 6.54. The SMILES string of the molecule is Cc1ccc(Nc2oc3ccccc3c(=O)c2C=O)cc1. The van der Waals surface area contributed by atoms with Crippen LogP contribution in [0.15, 0.2) is 57.7 Å². The van der Waals surface area contributed by atoms with E-state index in [1.54, 1.807) is 24.3 Å². The van der Waals surface area contributed by atoms with Crippen LogP contribution in [0.2, 0.25) is 0 Å². The molecular weight excluding hydrogens is 266 g/mol. The van der Waals surface area contributed by atoms with Crippen molar-refractivity contribution >= 4 is 28.8 Å². The highest BCUT2D eigenvalue weighted by Crippen LogP contribution is 2.22. The van der Waals surface area contributed by atoms with Crippen LogP contribution in [0.4, 0.5) is 11.6 Å². The quantitative estimate of drug-likeness (QED) is 0.743. The van der Waals surface area contributed by atoms with Crippen molar-refractivity contribution in [3.8, 4) is 0 Å². The molecule has 0 saturated heterocycles. The highest BCUT2D eigenvalue weighted by atomic mass is 16.3. The molecule has 1 aromatic heterocycles. The number of benzene rings is 2. The average Bonchev–Trinajstić information content (AvgIpc) is 2.50. The average molecular weight is 279 g/mol. The maximum Gasteiger partial charge on any atom is 0.212 e. The van der Waals surface area contributed by atoms with Crippen molar-refractivity contribution in [1.29, 1.82) is 0 Å². The molecule has 0 fully saturated rings. The van der Waals surface area contributed by atoms with E-state index in [1.165, 1.54) is 0 Å². The van der Waals surface area contributed by atoms with Crippen LogP contribution in [0.1, 0.15) is 15.9 Å². The maximum atomic E-state index is 12.3. The van der Waals surface area contributed by atoms with Gasteiger partial charge in [-0.15, -0.1) is 0 Å². The Morgan fingerprint density at radius 1 is 1.05 bits per heavy atom. The van der Waals surface area contributed by atoms with Crippen molar-refractivity contribution in [3.63, 3.8) is 0 Å². The summed E-state index contributed by atoms with van der Waals surface area (Å²) in [6.45, 7) is 1.98. The first-order chi connectivity index (χ1) is 10.2. The van der Waals surface area contributed by atoms with Crippen molar-refractivity contribution in [2.24, 2.45) is 0 Å². The van der Waals surface area contributed by atoms with Gasteiger partial charge in [0.05, 0.1) is 5.39 Å². The first kappa shape index (κ1) is 13.1. The summed E-state index contributed by atoms with van der Waals surface area (Å²) in [6, 6.07) is 14.4. The summed E-state index contributed by atoms with van der Waals surface area (Å²) < 4.78 is 5.66. The van der Waals surface area contributed by atoms with Gasteiger partial charge < -0.3 is 9.73 Å². The van der Waals surface area contributed by atoms with E-state index in [9.17, 15) is 9.59 Å². The Bertz CT molecular complexity index is 863. The zero-order valence-electron chi connectivity index (χ0n) is 11.4. The molecule has 104 valence electrons. The Morgan fingerprint density at radius 3 is 2.48 bits per heavy atom. The number of para-hydroxylation sites is 1. The highest BCUT2D eigenvalue weighted by molar-refractivity contribution is 5.90. The summed E-state index contributed by atoms with van der Waals surface area (Å²) >= 11 is 0. The molecule has 0 atom stereocenters. The Hall–Kier alpha value is -2.88. The van der Waals surface area contributed by atoms with Crippen molar-refractivity contribution in [2.75, 3.05) is 5.32 Å². The molecule has 2 aromatic carbocycles. The summed E-state index contributed by atoms with van der Waals surface area (Å²) in [5.74, 6) is 0.164. The molecule has 21 heavy (non-hydrogen) atoms. The second kappa shape index (κ2) is 5.25. The summed E-state index contributed by atoms with van der Waals surface area (Å²) in [5, 5.41) is 3.38. The number of carbonyl (C=O) groups is 1. The van der Waals surface area contributed by atoms with Crippen LogP contribution >= 0.6 is 0 Å². The normalized spacial score (nSPS) is 10.5. The second-order valence-corrected chi connectivity index (χ2v) is 4.78. The molecule has 4 heteroatoms. The third-order valence-corrected chi connectivity index (χ3v) is 3.26. The van der Waals surface area contributed by atoms with Crippen LogP contribution < -0.4 is 10.7 Å². The van der Waals surface area contributed by atoms with Gasteiger partial charge in [0.2, 0.25) is 11.3 Å². The lowest BCUT2D eigenvalue weighted by Gasteiger charge is -2.09. The number of carbonyl (C=O) groups excluding carboxylic acids is 1.